The molecule has 0 saturated carbocycles. The number of carboxylic acid groups (broad SMARTS) is 1. The highest BCUT2D eigenvalue weighted by Crippen LogP contribution is 2.19. The predicted octanol–water partition coefficient (Wildman–Crippen LogP) is -0.0607. The van der Waals surface area contributed by atoms with Crippen molar-refractivity contribution in [3.8, 4) is 11.9 Å². The van der Waals surface area contributed by atoms with Gasteiger partial charge < -0.3 is 15.9 Å². The van der Waals surface area contributed by atoms with E-state index in [1.165, 1.54) is 0 Å². The molecule has 0 aliphatic heterocycles. The Labute approximate surface area is 72.9 Å². The molecule has 1 aromatic heterocycles. The van der Waals surface area contributed by atoms with Crippen molar-refractivity contribution < 1.29 is 15.0 Å². The number of pyridine rings is 1. The predicted molar refractivity (Wildman–Crippen MR) is 42.0 cm³/mol. The highest BCUT2D eigenvalue weighted by Gasteiger charge is 2.14. The molecule has 0 unspecified atom stereocenters. The van der Waals surface area contributed by atoms with Crippen LogP contribution in [0.5, 0.6) is 5.88 Å². The fourth-order valence-electron chi connectivity index (χ4n) is 0.764. The topological polar surface area (TPSA) is 120 Å². The average Bonchev–Trinajstić information content (AvgIpc) is 2.03. The van der Waals surface area contributed by atoms with E-state index in [4.69, 9.17) is 21.2 Å². The Bertz CT molecular complexity index is 408. The fraction of sp³-hybridized carbons (Fsp3) is 0. The lowest BCUT2D eigenvalue weighted by Gasteiger charge is -2.00. The van der Waals surface area contributed by atoms with Gasteiger partial charge in [-0.3, -0.25) is 0 Å². The van der Waals surface area contributed by atoms with E-state index in [2.05, 4.69) is 4.98 Å². The molecule has 0 aromatic carbocycles. The molecule has 0 amide bonds. The summed E-state index contributed by atoms with van der Waals surface area (Å²) in [6.45, 7) is 0. The van der Waals surface area contributed by atoms with Crippen LogP contribution in [0.15, 0.2) is 6.07 Å². The van der Waals surface area contributed by atoms with Gasteiger partial charge in [-0.2, -0.15) is 10.2 Å². The fourth-order valence-corrected chi connectivity index (χ4v) is 0.764. The Morgan fingerprint density at radius 1 is 1.69 bits per heavy atom. The van der Waals surface area contributed by atoms with Crippen LogP contribution in [0.25, 0.3) is 0 Å². The zero-order valence-electron chi connectivity index (χ0n) is 6.35. The summed E-state index contributed by atoms with van der Waals surface area (Å²) in [4.78, 5) is 13.7. The molecule has 0 radical (unpaired) electrons. The monoisotopic (exact) mass is 179 g/mol. The molecule has 0 fully saturated rings. The number of carbonyl (C=O) groups is 1. The van der Waals surface area contributed by atoms with Gasteiger partial charge in [0.1, 0.15) is 17.5 Å². The third kappa shape index (κ3) is 1.49. The van der Waals surface area contributed by atoms with E-state index in [1.54, 1.807) is 6.07 Å². The minimum Gasteiger partial charge on any atom is -0.493 e. The van der Waals surface area contributed by atoms with Crippen LogP contribution < -0.4 is 5.73 Å². The molecule has 0 spiro atoms. The quantitative estimate of drug-likeness (QED) is 0.555. The second kappa shape index (κ2) is 2.98. The molecule has 6 heteroatoms. The van der Waals surface area contributed by atoms with Crippen LogP contribution in [0.2, 0.25) is 0 Å². The smallest absolute Gasteiger partial charge is 0.341 e. The van der Waals surface area contributed by atoms with Crippen molar-refractivity contribution in [2.24, 2.45) is 0 Å². The SMILES string of the molecule is N#Cc1cc(C(=O)O)c(O)nc1N. The number of aromatic nitrogens is 1. The Morgan fingerprint density at radius 2 is 2.31 bits per heavy atom. The number of nitrogen functional groups attached to an aromatic ring is 1. The minimum absolute atomic E-state index is 0.0739. The normalized spacial score (nSPS) is 9.15. The van der Waals surface area contributed by atoms with Gasteiger partial charge in [-0.15, -0.1) is 0 Å². The van der Waals surface area contributed by atoms with Gasteiger partial charge >= 0.3 is 5.97 Å². The van der Waals surface area contributed by atoms with Crippen molar-refractivity contribution in [3.63, 3.8) is 0 Å². The number of nitrogens with zero attached hydrogens (tertiary/aromatic N) is 2. The van der Waals surface area contributed by atoms with Gasteiger partial charge in [0.05, 0.1) is 5.56 Å². The minimum atomic E-state index is -1.36. The van der Waals surface area contributed by atoms with Gasteiger partial charge in [0.15, 0.2) is 0 Å². The zero-order valence-corrected chi connectivity index (χ0v) is 6.35. The summed E-state index contributed by atoms with van der Waals surface area (Å²) in [7, 11) is 0. The number of carboxylic acids is 1. The van der Waals surface area contributed by atoms with E-state index in [1.807, 2.05) is 0 Å². The van der Waals surface area contributed by atoms with Crippen molar-refractivity contribution in [2.45, 2.75) is 0 Å². The first-order valence-corrected chi connectivity index (χ1v) is 3.19. The van der Waals surface area contributed by atoms with E-state index in [-0.39, 0.29) is 11.4 Å². The van der Waals surface area contributed by atoms with Crippen LogP contribution in [-0.2, 0) is 0 Å². The summed E-state index contributed by atoms with van der Waals surface area (Å²) >= 11 is 0. The van der Waals surface area contributed by atoms with Crippen molar-refractivity contribution in [2.75, 3.05) is 5.73 Å². The van der Waals surface area contributed by atoms with Crippen molar-refractivity contribution in [1.82, 2.24) is 4.98 Å². The third-order valence-corrected chi connectivity index (χ3v) is 1.38. The lowest BCUT2D eigenvalue weighted by molar-refractivity contribution is 0.0693. The van der Waals surface area contributed by atoms with Crippen molar-refractivity contribution in [1.29, 1.82) is 5.26 Å². The largest absolute Gasteiger partial charge is 0.493 e. The molecule has 1 rings (SSSR count). The summed E-state index contributed by atoms with van der Waals surface area (Å²) in [5, 5.41) is 26.0. The van der Waals surface area contributed by atoms with E-state index >= 15 is 0 Å². The zero-order chi connectivity index (χ0) is 10.0. The molecular formula is C7H5N3O3. The number of anilines is 1. The van der Waals surface area contributed by atoms with Crippen LogP contribution in [0.3, 0.4) is 0 Å². The van der Waals surface area contributed by atoms with Crippen LogP contribution >= 0.6 is 0 Å². The highest BCUT2D eigenvalue weighted by atomic mass is 16.4. The number of nitrogens with two attached hydrogens (primary N) is 1. The molecular weight excluding hydrogens is 174 g/mol. The average molecular weight is 179 g/mol. The van der Waals surface area contributed by atoms with Gasteiger partial charge in [-0.05, 0) is 6.07 Å². The molecule has 6 nitrogen and oxygen atoms in total. The number of aromatic hydroxyl groups is 1. The van der Waals surface area contributed by atoms with E-state index < -0.39 is 17.4 Å². The number of hydrogen-bond donors (Lipinski definition) is 3. The molecule has 1 heterocycles. The molecule has 66 valence electrons. The lowest BCUT2D eigenvalue weighted by Crippen LogP contribution is -2.02. The first-order chi connectivity index (χ1) is 6.06. The highest BCUT2D eigenvalue weighted by molar-refractivity contribution is 5.91. The van der Waals surface area contributed by atoms with Crippen LogP contribution in [0.1, 0.15) is 15.9 Å². The molecule has 0 saturated heterocycles. The van der Waals surface area contributed by atoms with Gasteiger partial charge in [0.25, 0.3) is 0 Å². The summed E-state index contributed by atoms with van der Waals surface area (Å²) in [6.07, 6.45) is 0. The van der Waals surface area contributed by atoms with E-state index in [0.717, 1.165) is 6.07 Å². The summed E-state index contributed by atoms with van der Waals surface area (Å²) < 4.78 is 0. The van der Waals surface area contributed by atoms with E-state index in [0.29, 0.717) is 0 Å². The van der Waals surface area contributed by atoms with Gasteiger partial charge in [-0.1, -0.05) is 0 Å². The van der Waals surface area contributed by atoms with Gasteiger partial charge in [-0.25, -0.2) is 4.79 Å². The second-order valence-electron chi connectivity index (χ2n) is 2.21. The van der Waals surface area contributed by atoms with Crippen molar-refractivity contribution in [3.05, 3.63) is 17.2 Å². The second-order valence-corrected chi connectivity index (χ2v) is 2.21. The standard InChI is InChI=1S/C7H5N3O3/c8-2-3-1-4(7(12)13)6(11)10-5(3)9/h1H,(H,12,13)(H3,9,10,11). The molecule has 0 aliphatic carbocycles. The Balaban J connectivity index is 3.41. The summed E-state index contributed by atoms with van der Waals surface area (Å²) in [5.41, 5.74) is 4.70. The van der Waals surface area contributed by atoms with Crippen LogP contribution in [0, 0.1) is 11.3 Å². The van der Waals surface area contributed by atoms with Gasteiger partial charge in [0, 0.05) is 0 Å². The molecule has 4 N–H and O–H groups in total. The van der Waals surface area contributed by atoms with Gasteiger partial charge in [0.2, 0.25) is 5.88 Å². The maximum atomic E-state index is 10.5. The maximum Gasteiger partial charge on any atom is 0.341 e. The number of nitriles is 1. The molecule has 0 atom stereocenters. The Kier molecular flexibility index (Phi) is 2.02. The summed E-state index contributed by atoms with van der Waals surface area (Å²) in [6, 6.07) is 2.63. The molecule has 13 heavy (non-hydrogen) atoms. The first-order valence-electron chi connectivity index (χ1n) is 3.19. The number of hydrogen-bond acceptors (Lipinski definition) is 5. The molecule has 0 bridgehead atoms. The Morgan fingerprint density at radius 3 is 2.77 bits per heavy atom. The van der Waals surface area contributed by atoms with Crippen LogP contribution in [0.4, 0.5) is 5.82 Å². The first kappa shape index (κ1) is 8.80. The maximum absolute atomic E-state index is 10.5. The third-order valence-electron chi connectivity index (χ3n) is 1.38. The molecule has 0 aliphatic rings. The number of aromatic carboxylic acids is 1. The summed E-state index contributed by atoms with van der Waals surface area (Å²) in [5.74, 6) is -2.24. The molecule has 1 aromatic rings. The van der Waals surface area contributed by atoms with Crippen LogP contribution in [-0.4, -0.2) is 21.2 Å². The Hall–Kier alpha value is -2.29. The van der Waals surface area contributed by atoms with Crippen molar-refractivity contribution >= 4 is 11.8 Å². The van der Waals surface area contributed by atoms with E-state index in [9.17, 15) is 4.79 Å². The lowest BCUT2D eigenvalue weighted by atomic mass is 10.2. The number of rotatable bonds is 1.